The summed E-state index contributed by atoms with van der Waals surface area (Å²) in [6.07, 6.45) is 8.82. The lowest BCUT2D eigenvalue weighted by atomic mass is 9.57. The minimum absolute atomic E-state index is 0.114. The van der Waals surface area contributed by atoms with E-state index in [1.807, 2.05) is 0 Å². The molecule has 6 rings (SSSR count). The lowest BCUT2D eigenvalue weighted by Crippen LogP contribution is -2.38. The Morgan fingerprint density at radius 3 is 0.857 bits per heavy atom. The van der Waals surface area contributed by atoms with Crippen molar-refractivity contribution in [2.75, 3.05) is 0 Å². The molecule has 0 bridgehead atoms. The van der Waals surface area contributed by atoms with Crippen LogP contribution in [0.4, 0.5) is 0 Å². The average molecular weight is 563 g/mol. The van der Waals surface area contributed by atoms with Gasteiger partial charge in [0.1, 0.15) is 23.0 Å². The SMILES string of the molecule is CC(C1CCC(c2ccc(O)cc2)(c2ccc(O)cc2)CC1)C1CCC(c2ccc(O)cc2)(c2ccc(O)cc2)CC1. The molecule has 0 aromatic heterocycles. The van der Waals surface area contributed by atoms with Crippen LogP contribution in [0.15, 0.2) is 97.1 Å². The van der Waals surface area contributed by atoms with Crippen molar-refractivity contribution in [1.29, 1.82) is 0 Å². The molecule has 2 saturated carbocycles. The second kappa shape index (κ2) is 11.4. The summed E-state index contributed by atoms with van der Waals surface area (Å²) >= 11 is 0. The Bertz CT molecular complexity index is 1250. The van der Waals surface area contributed by atoms with Crippen molar-refractivity contribution in [3.05, 3.63) is 119 Å². The fourth-order valence-electron chi connectivity index (χ4n) is 8.31. The van der Waals surface area contributed by atoms with Crippen molar-refractivity contribution in [1.82, 2.24) is 0 Å². The summed E-state index contributed by atoms with van der Waals surface area (Å²) in [5.74, 6) is 3.09. The third-order valence-electron chi connectivity index (χ3n) is 10.9. The smallest absolute Gasteiger partial charge is 0.115 e. The lowest BCUT2D eigenvalue weighted by Gasteiger charge is -2.47. The van der Waals surface area contributed by atoms with Crippen LogP contribution in [0.2, 0.25) is 0 Å². The maximum Gasteiger partial charge on any atom is 0.115 e. The van der Waals surface area contributed by atoms with Gasteiger partial charge in [-0.15, -0.1) is 0 Å². The van der Waals surface area contributed by atoms with Gasteiger partial charge in [0.15, 0.2) is 0 Å². The summed E-state index contributed by atoms with van der Waals surface area (Å²) < 4.78 is 0. The van der Waals surface area contributed by atoms with Gasteiger partial charge in [-0.2, -0.15) is 0 Å². The summed E-state index contributed by atoms with van der Waals surface area (Å²) in [6, 6.07) is 30.9. The molecule has 0 spiro atoms. The molecule has 42 heavy (non-hydrogen) atoms. The van der Waals surface area contributed by atoms with Crippen molar-refractivity contribution >= 4 is 0 Å². The quantitative estimate of drug-likeness (QED) is 0.189. The molecule has 2 aliphatic carbocycles. The third kappa shape index (κ3) is 5.24. The van der Waals surface area contributed by atoms with E-state index in [2.05, 4.69) is 55.5 Å². The monoisotopic (exact) mass is 562 g/mol. The molecule has 0 amide bonds. The Kier molecular flexibility index (Phi) is 7.66. The van der Waals surface area contributed by atoms with Crippen molar-refractivity contribution in [3.63, 3.8) is 0 Å². The average Bonchev–Trinajstić information content (AvgIpc) is 3.02. The van der Waals surface area contributed by atoms with Gasteiger partial charge in [0.05, 0.1) is 0 Å². The van der Waals surface area contributed by atoms with Crippen LogP contribution >= 0.6 is 0 Å². The van der Waals surface area contributed by atoms with E-state index >= 15 is 0 Å². The summed E-state index contributed by atoms with van der Waals surface area (Å²) in [6.45, 7) is 2.47. The standard InChI is InChI=1S/C38H42O4/c1-26(27-18-22-37(23-19-27,29-2-10-33(39)11-3-29)30-4-12-34(40)13-5-30)28-20-24-38(25-21-28,31-6-14-35(41)15-7-31)32-8-16-36(42)17-9-32/h2-17,26-28,39-42H,18-25H2,1H3. The van der Waals surface area contributed by atoms with Crippen molar-refractivity contribution in [2.45, 2.75) is 69.1 Å². The zero-order chi connectivity index (χ0) is 29.3. The van der Waals surface area contributed by atoms with Crippen LogP contribution in [-0.2, 0) is 10.8 Å². The van der Waals surface area contributed by atoms with E-state index in [4.69, 9.17) is 0 Å². The van der Waals surface area contributed by atoms with E-state index < -0.39 is 0 Å². The Morgan fingerprint density at radius 1 is 0.429 bits per heavy atom. The van der Waals surface area contributed by atoms with E-state index in [1.165, 1.54) is 22.3 Å². The summed E-state index contributed by atoms with van der Waals surface area (Å²) in [5, 5.41) is 39.8. The lowest BCUT2D eigenvalue weighted by molar-refractivity contribution is 0.120. The highest BCUT2D eigenvalue weighted by Crippen LogP contribution is 2.53. The molecular weight excluding hydrogens is 520 g/mol. The fourth-order valence-corrected chi connectivity index (χ4v) is 8.31. The number of aromatic hydroxyl groups is 4. The van der Waals surface area contributed by atoms with Crippen LogP contribution in [0.3, 0.4) is 0 Å². The highest BCUT2D eigenvalue weighted by Gasteiger charge is 2.44. The van der Waals surface area contributed by atoms with Crippen LogP contribution in [-0.4, -0.2) is 20.4 Å². The predicted molar refractivity (Wildman–Crippen MR) is 167 cm³/mol. The molecule has 4 aromatic rings. The van der Waals surface area contributed by atoms with Crippen LogP contribution in [0.1, 0.15) is 80.5 Å². The molecule has 0 aliphatic heterocycles. The van der Waals surface area contributed by atoms with E-state index in [1.54, 1.807) is 48.5 Å². The minimum Gasteiger partial charge on any atom is -0.508 e. The molecule has 0 atom stereocenters. The van der Waals surface area contributed by atoms with Gasteiger partial charge >= 0.3 is 0 Å². The summed E-state index contributed by atoms with van der Waals surface area (Å²) in [5.41, 5.74) is 4.73. The first-order valence-corrected chi connectivity index (χ1v) is 15.5. The summed E-state index contributed by atoms with van der Waals surface area (Å²) in [7, 11) is 0. The molecule has 218 valence electrons. The topological polar surface area (TPSA) is 80.9 Å². The normalized spacial score (nSPS) is 19.1. The van der Waals surface area contributed by atoms with Crippen LogP contribution in [0.25, 0.3) is 0 Å². The second-order valence-electron chi connectivity index (χ2n) is 12.9. The third-order valence-corrected chi connectivity index (χ3v) is 10.9. The Morgan fingerprint density at radius 2 is 0.643 bits per heavy atom. The molecule has 4 heteroatoms. The zero-order valence-electron chi connectivity index (χ0n) is 24.4. The van der Waals surface area contributed by atoms with Crippen LogP contribution in [0.5, 0.6) is 23.0 Å². The number of phenols is 4. The first kappa shape index (κ1) is 28.2. The molecule has 0 heterocycles. The van der Waals surface area contributed by atoms with Crippen molar-refractivity contribution in [3.8, 4) is 23.0 Å². The number of hydrogen-bond acceptors (Lipinski definition) is 4. The summed E-state index contributed by atoms with van der Waals surface area (Å²) in [4.78, 5) is 0. The predicted octanol–water partition coefficient (Wildman–Crippen LogP) is 8.80. The zero-order valence-corrected chi connectivity index (χ0v) is 24.4. The highest BCUT2D eigenvalue weighted by atomic mass is 16.3. The van der Waals surface area contributed by atoms with E-state index in [0.717, 1.165) is 51.4 Å². The minimum atomic E-state index is -0.114. The molecule has 4 N–H and O–H groups in total. The highest BCUT2D eigenvalue weighted by molar-refractivity contribution is 5.45. The molecule has 2 fully saturated rings. The fraction of sp³-hybridized carbons (Fsp3) is 0.368. The van der Waals surface area contributed by atoms with Gasteiger partial charge in [0, 0.05) is 10.8 Å². The van der Waals surface area contributed by atoms with E-state index in [0.29, 0.717) is 17.8 Å². The number of hydrogen-bond donors (Lipinski definition) is 4. The maximum atomic E-state index is 9.96. The maximum absolute atomic E-state index is 9.96. The second-order valence-corrected chi connectivity index (χ2v) is 12.9. The van der Waals surface area contributed by atoms with E-state index in [9.17, 15) is 20.4 Å². The Hall–Kier alpha value is -3.92. The largest absolute Gasteiger partial charge is 0.508 e. The molecule has 4 aromatic carbocycles. The van der Waals surface area contributed by atoms with Crippen LogP contribution in [0, 0.1) is 17.8 Å². The first-order valence-electron chi connectivity index (χ1n) is 15.5. The molecule has 2 aliphatic rings. The van der Waals surface area contributed by atoms with Crippen molar-refractivity contribution < 1.29 is 20.4 Å². The number of rotatable bonds is 6. The van der Waals surface area contributed by atoms with Gasteiger partial charge < -0.3 is 20.4 Å². The number of phenolic OH excluding ortho intramolecular Hbond substituents is 4. The van der Waals surface area contributed by atoms with Gasteiger partial charge in [-0.05, 0) is 140 Å². The van der Waals surface area contributed by atoms with Crippen LogP contribution < -0.4 is 0 Å². The molecular formula is C38H42O4. The van der Waals surface area contributed by atoms with Gasteiger partial charge in [0.2, 0.25) is 0 Å². The Labute approximate surface area is 249 Å². The van der Waals surface area contributed by atoms with Gasteiger partial charge in [-0.1, -0.05) is 55.5 Å². The molecule has 0 saturated heterocycles. The van der Waals surface area contributed by atoms with Gasteiger partial charge in [0.25, 0.3) is 0 Å². The first-order chi connectivity index (χ1) is 20.3. The molecule has 0 radical (unpaired) electrons. The van der Waals surface area contributed by atoms with Gasteiger partial charge in [-0.3, -0.25) is 0 Å². The van der Waals surface area contributed by atoms with E-state index in [-0.39, 0.29) is 33.8 Å². The molecule has 0 unspecified atom stereocenters. The van der Waals surface area contributed by atoms with Crippen molar-refractivity contribution in [2.24, 2.45) is 17.8 Å². The Balaban J connectivity index is 1.19. The van der Waals surface area contributed by atoms with Gasteiger partial charge in [-0.25, -0.2) is 0 Å². The molecule has 4 nitrogen and oxygen atoms in total. The number of benzene rings is 4.